The van der Waals surface area contributed by atoms with E-state index in [9.17, 15) is 8.42 Å². The Labute approximate surface area is 196 Å². The quantitative estimate of drug-likeness (QED) is 0.326. The first-order chi connectivity index (χ1) is 16.0. The fourth-order valence-electron chi connectivity index (χ4n) is 3.59. The summed E-state index contributed by atoms with van der Waals surface area (Å²) in [5.74, 6) is 0. The summed E-state index contributed by atoms with van der Waals surface area (Å²) in [6.07, 6.45) is 6.89. The van der Waals surface area contributed by atoms with E-state index in [1.165, 1.54) is 12.1 Å². The lowest BCUT2D eigenvalue weighted by molar-refractivity contribution is 0.601. The number of nitrogens with one attached hydrogen (secondary N) is 1. The molecule has 162 valence electrons. The first-order valence-electron chi connectivity index (χ1n) is 10.0. The second-order valence-electron chi connectivity index (χ2n) is 7.31. The van der Waals surface area contributed by atoms with Gasteiger partial charge in [-0.2, -0.15) is 0 Å². The maximum absolute atomic E-state index is 12.8. The van der Waals surface area contributed by atoms with Gasteiger partial charge in [-0.15, -0.1) is 0 Å². The van der Waals surface area contributed by atoms with Crippen molar-refractivity contribution in [3.63, 3.8) is 0 Å². The highest BCUT2D eigenvalue weighted by molar-refractivity contribution is 7.92. The van der Waals surface area contributed by atoms with E-state index in [-0.39, 0.29) is 15.7 Å². The van der Waals surface area contributed by atoms with Gasteiger partial charge in [0.05, 0.1) is 16.1 Å². The fourth-order valence-corrected chi connectivity index (χ4v) is 4.87. The van der Waals surface area contributed by atoms with Gasteiger partial charge in [0, 0.05) is 35.7 Å². The van der Waals surface area contributed by atoms with Crippen molar-refractivity contribution in [2.24, 2.45) is 0 Å². The van der Waals surface area contributed by atoms with Gasteiger partial charge < -0.3 is 0 Å². The molecule has 3 aromatic heterocycles. The number of benzene rings is 2. The van der Waals surface area contributed by atoms with Crippen LogP contribution in [0.5, 0.6) is 0 Å². The number of nitrogens with zero attached hydrogens (tertiary/aromatic N) is 3. The van der Waals surface area contributed by atoms with Crippen LogP contribution in [0.2, 0.25) is 5.15 Å². The molecule has 0 bridgehead atoms. The molecule has 0 amide bonds. The summed E-state index contributed by atoms with van der Waals surface area (Å²) in [5, 5.41) is 1.03. The van der Waals surface area contributed by atoms with Crippen molar-refractivity contribution in [2.45, 2.75) is 4.90 Å². The Morgan fingerprint density at radius 1 is 0.758 bits per heavy atom. The second-order valence-corrected chi connectivity index (χ2v) is 9.35. The van der Waals surface area contributed by atoms with Crippen molar-refractivity contribution < 1.29 is 8.42 Å². The largest absolute Gasteiger partial charge is 0.276 e. The number of aromatic nitrogens is 3. The topological polar surface area (TPSA) is 84.8 Å². The van der Waals surface area contributed by atoms with E-state index < -0.39 is 10.0 Å². The summed E-state index contributed by atoms with van der Waals surface area (Å²) in [5.41, 5.74) is 4.68. The fraction of sp³-hybridized carbons (Fsp3) is 0. The number of pyridine rings is 3. The van der Waals surface area contributed by atoms with E-state index >= 15 is 0 Å². The average molecular weight is 473 g/mol. The third-order valence-electron chi connectivity index (χ3n) is 5.20. The predicted octanol–water partition coefficient (Wildman–Crippen LogP) is 5.81. The van der Waals surface area contributed by atoms with E-state index in [1.807, 2.05) is 36.4 Å². The third-order valence-corrected chi connectivity index (χ3v) is 6.89. The molecule has 0 saturated heterocycles. The van der Waals surface area contributed by atoms with Gasteiger partial charge in [-0.25, -0.2) is 13.4 Å². The van der Waals surface area contributed by atoms with Crippen LogP contribution < -0.4 is 4.72 Å². The summed E-state index contributed by atoms with van der Waals surface area (Å²) in [4.78, 5) is 12.9. The van der Waals surface area contributed by atoms with Gasteiger partial charge in [0.2, 0.25) is 0 Å². The molecular weight excluding hydrogens is 456 g/mol. The van der Waals surface area contributed by atoms with Gasteiger partial charge in [0.1, 0.15) is 0 Å². The van der Waals surface area contributed by atoms with Crippen LogP contribution in [0.1, 0.15) is 0 Å². The zero-order valence-corrected chi connectivity index (χ0v) is 18.8. The smallest absolute Gasteiger partial charge is 0.261 e. The van der Waals surface area contributed by atoms with Crippen molar-refractivity contribution in [1.29, 1.82) is 0 Å². The third kappa shape index (κ3) is 4.28. The summed E-state index contributed by atoms with van der Waals surface area (Å²) < 4.78 is 28.1. The number of anilines is 1. The van der Waals surface area contributed by atoms with Crippen LogP contribution in [0.3, 0.4) is 0 Å². The SMILES string of the molecule is O=S(=O)(Nc1cc(-c2ccc3nccc(-c4ccncc4)c3c2)cnc1Cl)c1ccccc1. The summed E-state index contributed by atoms with van der Waals surface area (Å²) in [6.45, 7) is 0. The molecule has 0 aliphatic rings. The van der Waals surface area contributed by atoms with Gasteiger partial charge in [0.25, 0.3) is 10.0 Å². The Kier molecular flexibility index (Phi) is 5.50. The van der Waals surface area contributed by atoms with Crippen LogP contribution in [-0.4, -0.2) is 23.4 Å². The monoisotopic (exact) mass is 472 g/mol. The van der Waals surface area contributed by atoms with Crippen LogP contribution in [0.15, 0.2) is 102 Å². The van der Waals surface area contributed by atoms with Crippen molar-refractivity contribution in [2.75, 3.05) is 4.72 Å². The molecular formula is C25H17ClN4O2S. The molecule has 6 nitrogen and oxygen atoms in total. The Morgan fingerprint density at radius 3 is 2.33 bits per heavy atom. The maximum atomic E-state index is 12.8. The Hall–Kier alpha value is -3.81. The molecule has 1 N–H and O–H groups in total. The number of halogens is 1. The molecule has 3 heterocycles. The van der Waals surface area contributed by atoms with Gasteiger partial charge in [-0.05, 0) is 65.2 Å². The molecule has 0 fully saturated rings. The van der Waals surface area contributed by atoms with Crippen LogP contribution in [-0.2, 0) is 10.0 Å². The minimum Gasteiger partial charge on any atom is -0.276 e. The highest BCUT2D eigenvalue weighted by Gasteiger charge is 2.17. The second kappa shape index (κ2) is 8.61. The molecule has 8 heteroatoms. The van der Waals surface area contributed by atoms with E-state index in [0.29, 0.717) is 0 Å². The molecule has 0 radical (unpaired) electrons. The summed E-state index contributed by atoms with van der Waals surface area (Å²) in [6, 6.07) is 21.5. The number of sulfonamides is 1. The number of hydrogen-bond acceptors (Lipinski definition) is 5. The van der Waals surface area contributed by atoms with Crippen LogP contribution in [0.25, 0.3) is 33.2 Å². The van der Waals surface area contributed by atoms with E-state index in [4.69, 9.17) is 11.6 Å². The van der Waals surface area contributed by atoms with Crippen LogP contribution >= 0.6 is 11.6 Å². The minimum absolute atomic E-state index is 0.0678. The molecule has 33 heavy (non-hydrogen) atoms. The number of rotatable bonds is 5. The number of fused-ring (bicyclic) bond motifs is 1. The molecule has 0 saturated carbocycles. The summed E-state index contributed by atoms with van der Waals surface area (Å²) in [7, 11) is -3.80. The minimum atomic E-state index is -3.80. The normalized spacial score (nSPS) is 11.4. The van der Waals surface area contributed by atoms with Crippen LogP contribution in [0, 0.1) is 0 Å². The van der Waals surface area contributed by atoms with Gasteiger partial charge in [-0.1, -0.05) is 35.9 Å². The summed E-state index contributed by atoms with van der Waals surface area (Å²) >= 11 is 6.22. The predicted molar refractivity (Wildman–Crippen MR) is 130 cm³/mol. The lowest BCUT2D eigenvalue weighted by Gasteiger charge is -2.12. The zero-order valence-electron chi connectivity index (χ0n) is 17.2. The van der Waals surface area contributed by atoms with Crippen molar-refractivity contribution in [1.82, 2.24) is 15.0 Å². The first kappa shape index (κ1) is 21.1. The highest BCUT2D eigenvalue weighted by Crippen LogP contribution is 2.33. The van der Waals surface area contributed by atoms with Gasteiger partial charge in [0.15, 0.2) is 5.15 Å². The first-order valence-corrected chi connectivity index (χ1v) is 11.9. The van der Waals surface area contributed by atoms with Crippen molar-refractivity contribution in [3.8, 4) is 22.3 Å². The standard InChI is InChI=1S/C25H17ClN4O2S/c26-25-24(30-33(31,32)20-4-2-1-3-5-20)15-19(16-29-25)18-6-7-23-22(14-18)21(10-13-28-23)17-8-11-27-12-9-17/h1-16,30H. The van der Waals surface area contributed by atoms with E-state index in [0.717, 1.165) is 33.2 Å². The Balaban J connectivity index is 1.57. The molecule has 5 aromatic rings. The molecule has 5 rings (SSSR count). The van der Waals surface area contributed by atoms with Crippen LogP contribution in [0.4, 0.5) is 5.69 Å². The Morgan fingerprint density at radius 2 is 1.55 bits per heavy atom. The molecule has 0 spiro atoms. The molecule has 0 unspecified atom stereocenters. The van der Waals surface area contributed by atoms with Gasteiger partial charge >= 0.3 is 0 Å². The lowest BCUT2D eigenvalue weighted by Crippen LogP contribution is -2.13. The molecule has 0 aliphatic carbocycles. The molecule has 0 aliphatic heterocycles. The lowest BCUT2D eigenvalue weighted by atomic mass is 9.98. The maximum Gasteiger partial charge on any atom is 0.261 e. The number of hydrogen-bond donors (Lipinski definition) is 1. The van der Waals surface area contributed by atoms with Gasteiger partial charge in [-0.3, -0.25) is 14.7 Å². The van der Waals surface area contributed by atoms with E-state index in [1.54, 1.807) is 49.1 Å². The van der Waals surface area contributed by atoms with E-state index in [2.05, 4.69) is 19.7 Å². The van der Waals surface area contributed by atoms with Crippen molar-refractivity contribution in [3.05, 3.63) is 103 Å². The van der Waals surface area contributed by atoms with Crippen molar-refractivity contribution >= 4 is 38.2 Å². The zero-order chi connectivity index (χ0) is 22.8. The molecule has 0 atom stereocenters. The molecule has 2 aromatic carbocycles. The average Bonchev–Trinajstić information content (AvgIpc) is 2.85. The Bertz CT molecular complexity index is 1560. The highest BCUT2D eigenvalue weighted by atomic mass is 35.5.